The molecule has 0 saturated heterocycles. The Morgan fingerprint density at radius 1 is 1.33 bits per heavy atom. The van der Waals surface area contributed by atoms with E-state index in [4.69, 9.17) is 9.15 Å². The average Bonchev–Trinajstić information content (AvgIpc) is 3.39. The largest absolute Gasteiger partial charge is 0.459 e. The van der Waals surface area contributed by atoms with Gasteiger partial charge in [0.05, 0.1) is 4.88 Å². The number of rotatable bonds is 6. The number of fused-ring (bicyclic) bond motifs is 1. The molecule has 138 valence electrons. The van der Waals surface area contributed by atoms with Crippen LogP contribution in [0.2, 0.25) is 0 Å². The molecule has 0 N–H and O–H groups in total. The maximum absolute atomic E-state index is 12.1. The topological polar surface area (TPSA) is 95.4 Å². The van der Waals surface area contributed by atoms with Gasteiger partial charge in [-0.1, -0.05) is 6.07 Å². The predicted molar refractivity (Wildman–Crippen MR) is 98.2 cm³/mol. The lowest BCUT2D eigenvalue weighted by Gasteiger charge is -2.10. The van der Waals surface area contributed by atoms with E-state index in [1.165, 1.54) is 12.6 Å². The van der Waals surface area contributed by atoms with Gasteiger partial charge in [-0.2, -0.15) is 10.1 Å². The molecule has 0 amide bonds. The smallest absolute Gasteiger partial charge is 0.306 e. The summed E-state index contributed by atoms with van der Waals surface area (Å²) in [6.45, 7) is 3.94. The van der Waals surface area contributed by atoms with Gasteiger partial charge in [-0.3, -0.25) is 4.79 Å². The van der Waals surface area contributed by atoms with Crippen LogP contribution in [0.1, 0.15) is 29.1 Å². The summed E-state index contributed by atoms with van der Waals surface area (Å²) in [4.78, 5) is 25.9. The zero-order chi connectivity index (χ0) is 18.8. The molecule has 0 fully saturated rings. The van der Waals surface area contributed by atoms with Gasteiger partial charge in [-0.15, -0.1) is 11.3 Å². The molecule has 8 nitrogen and oxygen atoms in total. The molecule has 0 aliphatic rings. The number of oxazole rings is 1. The lowest BCUT2D eigenvalue weighted by atomic mass is 10.1. The van der Waals surface area contributed by atoms with Crippen molar-refractivity contribution in [3.63, 3.8) is 0 Å². The van der Waals surface area contributed by atoms with E-state index in [-0.39, 0.29) is 19.0 Å². The molecule has 0 atom stereocenters. The zero-order valence-electron chi connectivity index (χ0n) is 14.9. The number of nitrogens with zero attached hydrogens (tertiary/aromatic N) is 5. The van der Waals surface area contributed by atoms with Crippen molar-refractivity contribution in [2.75, 3.05) is 0 Å². The number of aromatic nitrogens is 5. The minimum Gasteiger partial charge on any atom is -0.459 e. The molecule has 4 heterocycles. The Kier molecular flexibility index (Phi) is 4.68. The number of carbonyl (C=O) groups is 1. The third-order valence-electron chi connectivity index (χ3n) is 4.23. The molecule has 0 radical (unpaired) electrons. The van der Waals surface area contributed by atoms with Crippen LogP contribution in [-0.4, -0.2) is 30.5 Å². The van der Waals surface area contributed by atoms with Gasteiger partial charge in [0.2, 0.25) is 5.89 Å². The van der Waals surface area contributed by atoms with Gasteiger partial charge in [0.1, 0.15) is 24.9 Å². The predicted octanol–water partition coefficient (Wildman–Crippen LogP) is 3.13. The lowest BCUT2D eigenvalue weighted by molar-refractivity contribution is -0.145. The van der Waals surface area contributed by atoms with Crippen LogP contribution < -0.4 is 0 Å². The van der Waals surface area contributed by atoms with Crippen molar-refractivity contribution >= 4 is 23.1 Å². The third kappa shape index (κ3) is 3.59. The van der Waals surface area contributed by atoms with Gasteiger partial charge >= 0.3 is 5.97 Å². The molecular formula is C18H17N5O3S. The summed E-state index contributed by atoms with van der Waals surface area (Å²) in [5.41, 5.74) is 3.34. The first kappa shape index (κ1) is 17.3. The standard InChI is InChI=1S/C18H17N5O3S/c1-11-14(12(2)23-18(21-11)19-10-20-23)5-6-16(24)25-8-13-9-26-17(22-13)15-4-3-7-27-15/h3-4,7,9-10H,5-6,8H2,1-2H3. The Hall–Kier alpha value is -3.07. The van der Waals surface area contributed by atoms with E-state index in [0.29, 0.717) is 23.8 Å². The molecule has 9 heteroatoms. The van der Waals surface area contributed by atoms with E-state index in [1.807, 2.05) is 31.4 Å². The second kappa shape index (κ2) is 7.28. The molecule has 0 bridgehead atoms. The number of ether oxygens (including phenoxy) is 1. The van der Waals surface area contributed by atoms with E-state index < -0.39 is 0 Å². The van der Waals surface area contributed by atoms with Crippen LogP contribution in [0.15, 0.2) is 34.5 Å². The van der Waals surface area contributed by atoms with Crippen LogP contribution in [0.25, 0.3) is 16.5 Å². The van der Waals surface area contributed by atoms with Gasteiger partial charge in [0.15, 0.2) is 0 Å². The summed E-state index contributed by atoms with van der Waals surface area (Å²) in [5, 5.41) is 6.11. The highest BCUT2D eigenvalue weighted by molar-refractivity contribution is 7.13. The Balaban J connectivity index is 1.35. The van der Waals surface area contributed by atoms with Crippen LogP contribution in [0.5, 0.6) is 0 Å². The van der Waals surface area contributed by atoms with Crippen LogP contribution >= 0.6 is 11.3 Å². The lowest BCUT2D eigenvalue weighted by Crippen LogP contribution is -2.10. The number of thiophene rings is 1. The maximum Gasteiger partial charge on any atom is 0.306 e. The van der Waals surface area contributed by atoms with Crippen molar-refractivity contribution in [3.05, 3.63) is 52.7 Å². The second-order valence-corrected chi connectivity index (χ2v) is 6.96. The van der Waals surface area contributed by atoms with E-state index >= 15 is 0 Å². The maximum atomic E-state index is 12.1. The Morgan fingerprint density at radius 2 is 2.22 bits per heavy atom. The van der Waals surface area contributed by atoms with Crippen molar-refractivity contribution < 1.29 is 13.9 Å². The highest BCUT2D eigenvalue weighted by Crippen LogP contribution is 2.24. The first-order valence-electron chi connectivity index (χ1n) is 8.41. The SMILES string of the molecule is Cc1nc2ncnn2c(C)c1CCC(=O)OCc1coc(-c2cccs2)n1. The minimum atomic E-state index is -0.298. The minimum absolute atomic E-state index is 0.0893. The fraction of sp³-hybridized carbons (Fsp3) is 0.278. The fourth-order valence-corrected chi connectivity index (χ4v) is 3.51. The van der Waals surface area contributed by atoms with Crippen LogP contribution in [0.3, 0.4) is 0 Å². The molecule has 4 aromatic rings. The van der Waals surface area contributed by atoms with Crippen molar-refractivity contribution in [2.45, 2.75) is 33.3 Å². The Morgan fingerprint density at radius 3 is 3.04 bits per heavy atom. The molecule has 0 aliphatic heterocycles. The summed E-state index contributed by atoms with van der Waals surface area (Å²) in [6.07, 6.45) is 3.76. The van der Waals surface area contributed by atoms with Gasteiger partial charge in [-0.25, -0.2) is 14.5 Å². The Bertz CT molecular complexity index is 1080. The molecule has 0 unspecified atom stereocenters. The third-order valence-corrected chi connectivity index (χ3v) is 5.09. The summed E-state index contributed by atoms with van der Waals surface area (Å²) in [7, 11) is 0. The molecule has 0 saturated carbocycles. The highest BCUT2D eigenvalue weighted by atomic mass is 32.1. The zero-order valence-corrected chi connectivity index (χ0v) is 15.7. The van der Waals surface area contributed by atoms with E-state index in [9.17, 15) is 4.79 Å². The quantitative estimate of drug-likeness (QED) is 0.472. The summed E-state index contributed by atoms with van der Waals surface area (Å²) >= 11 is 1.54. The van der Waals surface area contributed by atoms with E-state index in [2.05, 4.69) is 20.1 Å². The van der Waals surface area contributed by atoms with E-state index in [1.54, 1.807) is 15.9 Å². The summed E-state index contributed by atoms with van der Waals surface area (Å²) in [6, 6.07) is 3.86. The number of hydrogen-bond donors (Lipinski definition) is 0. The normalized spacial score (nSPS) is 11.2. The van der Waals surface area contributed by atoms with Crippen molar-refractivity contribution in [3.8, 4) is 10.8 Å². The number of hydrogen-bond acceptors (Lipinski definition) is 8. The van der Waals surface area contributed by atoms with Gasteiger partial charge in [-0.05, 0) is 37.3 Å². The highest BCUT2D eigenvalue weighted by Gasteiger charge is 2.14. The number of carbonyl (C=O) groups excluding carboxylic acids is 1. The van der Waals surface area contributed by atoms with Crippen LogP contribution in [-0.2, 0) is 22.6 Å². The monoisotopic (exact) mass is 383 g/mol. The first-order chi connectivity index (χ1) is 13.1. The molecular weight excluding hydrogens is 366 g/mol. The number of esters is 1. The molecule has 27 heavy (non-hydrogen) atoms. The van der Waals surface area contributed by atoms with E-state index in [0.717, 1.165) is 21.8 Å². The molecule has 0 spiro atoms. The van der Waals surface area contributed by atoms with Gasteiger partial charge in [0.25, 0.3) is 5.78 Å². The summed E-state index contributed by atoms with van der Waals surface area (Å²) < 4.78 is 12.4. The van der Waals surface area contributed by atoms with Crippen LogP contribution in [0.4, 0.5) is 0 Å². The van der Waals surface area contributed by atoms with Gasteiger partial charge in [0, 0.05) is 17.8 Å². The van der Waals surface area contributed by atoms with Gasteiger partial charge < -0.3 is 9.15 Å². The second-order valence-electron chi connectivity index (χ2n) is 6.02. The fourth-order valence-electron chi connectivity index (χ4n) is 2.86. The van der Waals surface area contributed by atoms with Crippen molar-refractivity contribution in [1.29, 1.82) is 0 Å². The first-order valence-corrected chi connectivity index (χ1v) is 9.29. The molecule has 4 rings (SSSR count). The van der Waals surface area contributed by atoms with Crippen LogP contribution in [0, 0.1) is 13.8 Å². The average molecular weight is 383 g/mol. The van der Waals surface area contributed by atoms with Crippen molar-refractivity contribution in [1.82, 2.24) is 24.6 Å². The molecule has 0 aromatic carbocycles. The number of aryl methyl sites for hydroxylation is 2. The summed E-state index contributed by atoms with van der Waals surface area (Å²) in [5.74, 6) is 0.798. The molecule has 4 aromatic heterocycles. The Labute approximate surface area is 158 Å². The molecule has 0 aliphatic carbocycles. The van der Waals surface area contributed by atoms with Crippen molar-refractivity contribution in [2.24, 2.45) is 0 Å².